The molecule has 3 fully saturated rings. The number of fused-ring (bicyclic) bond motifs is 1. The zero-order valence-corrected chi connectivity index (χ0v) is 18.4. The SMILES string of the molecule is Cc1c(C)n(C2CCCC2)c2ncnc(OC3CCN(C(=O)C4CCCC4)CC3)c12. The van der Waals surface area contributed by atoms with Crippen LogP contribution >= 0.6 is 0 Å². The molecule has 0 atom stereocenters. The first kappa shape index (κ1) is 19.8. The lowest BCUT2D eigenvalue weighted by atomic mass is 10.0. The number of rotatable bonds is 4. The van der Waals surface area contributed by atoms with E-state index in [1.54, 1.807) is 6.33 Å². The second-order valence-corrected chi connectivity index (χ2v) is 9.52. The third-order valence-corrected chi connectivity index (χ3v) is 7.73. The lowest BCUT2D eigenvalue weighted by Gasteiger charge is -2.33. The quantitative estimate of drug-likeness (QED) is 0.731. The number of ether oxygens (including phenoxy) is 1. The Kier molecular flexibility index (Phi) is 5.42. The summed E-state index contributed by atoms with van der Waals surface area (Å²) in [4.78, 5) is 24.0. The Morgan fingerprint density at radius 1 is 0.967 bits per heavy atom. The second kappa shape index (κ2) is 8.20. The number of likely N-dealkylation sites (tertiary alicyclic amines) is 1. The first-order chi connectivity index (χ1) is 14.6. The molecule has 6 heteroatoms. The molecule has 30 heavy (non-hydrogen) atoms. The lowest BCUT2D eigenvalue weighted by molar-refractivity contribution is -0.137. The minimum Gasteiger partial charge on any atom is -0.474 e. The minimum absolute atomic E-state index is 0.116. The Hall–Kier alpha value is -2.11. The van der Waals surface area contributed by atoms with E-state index < -0.39 is 0 Å². The van der Waals surface area contributed by atoms with E-state index in [4.69, 9.17) is 4.74 Å². The molecular weight excluding hydrogens is 376 g/mol. The molecule has 0 bridgehead atoms. The van der Waals surface area contributed by atoms with Crippen LogP contribution in [0.3, 0.4) is 0 Å². The van der Waals surface area contributed by atoms with Crippen molar-refractivity contribution in [2.24, 2.45) is 5.92 Å². The lowest BCUT2D eigenvalue weighted by Crippen LogP contribution is -2.44. The zero-order valence-electron chi connectivity index (χ0n) is 18.4. The smallest absolute Gasteiger partial charge is 0.226 e. The van der Waals surface area contributed by atoms with Crippen LogP contribution in [0.15, 0.2) is 6.33 Å². The van der Waals surface area contributed by atoms with E-state index in [0.717, 1.165) is 55.7 Å². The Bertz CT molecular complexity index is 917. The van der Waals surface area contributed by atoms with Gasteiger partial charge in [0.1, 0.15) is 18.1 Å². The maximum atomic E-state index is 12.7. The predicted octanol–water partition coefficient (Wildman–Crippen LogP) is 4.72. The molecule has 2 aromatic heterocycles. The standard InChI is InChI=1S/C24H34N4O2/c1-16-17(2)28(19-9-5-6-10-19)22-21(16)23(26-15-25-22)30-20-11-13-27(14-12-20)24(29)18-7-3-4-8-18/h15,18-20H,3-14H2,1-2H3. The summed E-state index contributed by atoms with van der Waals surface area (Å²) in [5.74, 6) is 1.36. The predicted molar refractivity (Wildman–Crippen MR) is 117 cm³/mol. The van der Waals surface area contributed by atoms with Gasteiger partial charge >= 0.3 is 0 Å². The minimum atomic E-state index is 0.116. The fourth-order valence-electron chi connectivity index (χ4n) is 5.87. The van der Waals surface area contributed by atoms with Crippen LogP contribution in [0.2, 0.25) is 0 Å². The van der Waals surface area contributed by atoms with Crippen molar-refractivity contribution in [2.45, 2.75) is 90.2 Å². The Balaban J connectivity index is 1.31. The summed E-state index contributed by atoms with van der Waals surface area (Å²) in [6.07, 6.45) is 13.2. The van der Waals surface area contributed by atoms with E-state index in [1.165, 1.54) is 49.8 Å². The van der Waals surface area contributed by atoms with Crippen LogP contribution < -0.4 is 4.74 Å². The van der Waals surface area contributed by atoms with Crippen LogP contribution in [-0.2, 0) is 4.79 Å². The molecule has 0 N–H and O–H groups in total. The molecule has 1 saturated heterocycles. The van der Waals surface area contributed by atoms with E-state index in [9.17, 15) is 4.79 Å². The van der Waals surface area contributed by atoms with E-state index in [1.807, 2.05) is 0 Å². The number of piperidine rings is 1. The van der Waals surface area contributed by atoms with Gasteiger partial charge in [-0.2, -0.15) is 0 Å². The van der Waals surface area contributed by atoms with Crippen LogP contribution in [0.25, 0.3) is 11.0 Å². The Labute approximate surface area is 179 Å². The van der Waals surface area contributed by atoms with Gasteiger partial charge in [-0.25, -0.2) is 9.97 Å². The number of amides is 1. The molecule has 0 radical (unpaired) electrons. The van der Waals surface area contributed by atoms with Crippen molar-refractivity contribution in [3.63, 3.8) is 0 Å². The van der Waals surface area contributed by atoms with Gasteiger partial charge in [-0.1, -0.05) is 25.7 Å². The molecule has 0 unspecified atom stereocenters. The normalized spacial score (nSPS) is 21.7. The summed E-state index contributed by atoms with van der Waals surface area (Å²) in [6.45, 7) is 5.97. The van der Waals surface area contributed by atoms with Gasteiger partial charge in [-0.15, -0.1) is 0 Å². The van der Waals surface area contributed by atoms with Crippen LogP contribution in [0, 0.1) is 19.8 Å². The summed E-state index contributed by atoms with van der Waals surface area (Å²) < 4.78 is 8.86. The molecule has 1 amide bonds. The highest BCUT2D eigenvalue weighted by Crippen LogP contribution is 2.38. The van der Waals surface area contributed by atoms with Crippen molar-refractivity contribution in [3.05, 3.63) is 17.6 Å². The highest BCUT2D eigenvalue weighted by Gasteiger charge is 2.31. The highest BCUT2D eigenvalue weighted by molar-refractivity contribution is 5.86. The maximum absolute atomic E-state index is 12.7. The van der Waals surface area contributed by atoms with Gasteiger partial charge in [0, 0.05) is 43.6 Å². The summed E-state index contributed by atoms with van der Waals surface area (Å²) in [5.41, 5.74) is 3.55. The maximum Gasteiger partial charge on any atom is 0.226 e. The van der Waals surface area contributed by atoms with Crippen LogP contribution in [-0.4, -0.2) is 44.5 Å². The summed E-state index contributed by atoms with van der Waals surface area (Å²) in [5, 5.41) is 1.08. The third kappa shape index (κ3) is 3.48. The van der Waals surface area contributed by atoms with E-state index in [-0.39, 0.29) is 12.0 Å². The van der Waals surface area contributed by atoms with Crippen molar-refractivity contribution >= 4 is 16.9 Å². The Morgan fingerprint density at radius 3 is 2.33 bits per heavy atom. The molecule has 2 aromatic rings. The molecule has 162 valence electrons. The fourth-order valence-corrected chi connectivity index (χ4v) is 5.87. The molecule has 2 aliphatic carbocycles. The van der Waals surface area contributed by atoms with E-state index >= 15 is 0 Å². The number of carbonyl (C=O) groups excluding carboxylic acids is 1. The van der Waals surface area contributed by atoms with Gasteiger partial charge in [-0.3, -0.25) is 4.79 Å². The Morgan fingerprint density at radius 2 is 1.63 bits per heavy atom. The molecule has 2 saturated carbocycles. The average molecular weight is 411 g/mol. The van der Waals surface area contributed by atoms with Gasteiger partial charge in [-0.05, 0) is 45.1 Å². The number of carbonyl (C=O) groups is 1. The largest absolute Gasteiger partial charge is 0.474 e. The number of nitrogens with zero attached hydrogens (tertiary/aromatic N) is 4. The van der Waals surface area contributed by atoms with Gasteiger partial charge < -0.3 is 14.2 Å². The van der Waals surface area contributed by atoms with E-state index in [0.29, 0.717) is 11.9 Å². The summed E-state index contributed by atoms with van der Waals surface area (Å²) in [7, 11) is 0. The topological polar surface area (TPSA) is 60.2 Å². The molecular formula is C24H34N4O2. The summed E-state index contributed by atoms with van der Waals surface area (Å²) >= 11 is 0. The monoisotopic (exact) mass is 410 g/mol. The van der Waals surface area contributed by atoms with Crippen LogP contribution in [0.5, 0.6) is 5.88 Å². The fraction of sp³-hybridized carbons (Fsp3) is 0.708. The van der Waals surface area contributed by atoms with Gasteiger partial charge in [0.25, 0.3) is 0 Å². The highest BCUT2D eigenvalue weighted by atomic mass is 16.5. The first-order valence-electron chi connectivity index (χ1n) is 11.9. The van der Waals surface area contributed by atoms with E-state index in [2.05, 4.69) is 33.3 Å². The van der Waals surface area contributed by atoms with Crippen molar-refractivity contribution in [2.75, 3.05) is 13.1 Å². The van der Waals surface area contributed by atoms with Gasteiger partial charge in [0.15, 0.2) is 0 Å². The van der Waals surface area contributed by atoms with Crippen molar-refractivity contribution < 1.29 is 9.53 Å². The van der Waals surface area contributed by atoms with Crippen LogP contribution in [0.1, 0.15) is 81.5 Å². The molecule has 0 aromatic carbocycles. The second-order valence-electron chi connectivity index (χ2n) is 9.52. The van der Waals surface area contributed by atoms with Gasteiger partial charge in [0.05, 0.1) is 5.39 Å². The number of aryl methyl sites for hydroxylation is 1. The number of hydrogen-bond acceptors (Lipinski definition) is 4. The summed E-state index contributed by atoms with van der Waals surface area (Å²) in [6, 6.07) is 0.550. The molecule has 3 heterocycles. The zero-order chi connectivity index (χ0) is 20.7. The molecule has 3 aliphatic rings. The average Bonchev–Trinajstić information content (AvgIpc) is 3.51. The molecule has 5 rings (SSSR count). The van der Waals surface area contributed by atoms with Crippen molar-refractivity contribution in [1.29, 1.82) is 0 Å². The number of hydrogen-bond donors (Lipinski definition) is 0. The first-order valence-corrected chi connectivity index (χ1v) is 11.9. The van der Waals surface area contributed by atoms with Crippen LogP contribution in [0.4, 0.5) is 0 Å². The van der Waals surface area contributed by atoms with Gasteiger partial charge in [0.2, 0.25) is 11.8 Å². The molecule has 0 spiro atoms. The number of aromatic nitrogens is 3. The third-order valence-electron chi connectivity index (χ3n) is 7.73. The van der Waals surface area contributed by atoms with Crippen molar-refractivity contribution in [3.8, 4) is 5.88 Å². The molecule has 6 nitrogen and oxygen atoms in total. The molecule has 1 aliphatic heterocycles. The van der Waals surface area contributed by atoms with Crippen molar-refractivity contribution in [1.82, 2.24) is 19.4 Å².